The zero-order valence-electron chi connectivity index (χ0n) is 13.4. The van der Waals surface area contributed by atoms with Crippen LogP contribution < -0.4 is 0 Å². The summed E-state index contributed by atoms with van der Waals surface area (Å²) < 4.78 is 41.7. The second-order valence-electron chi connectivity index (χ2n) is 5.39. The molecule has 0 bridgehead atoms. The van der Waals surface area contributed by atoms with Crippen molar-refractivity contribution in [2.45, 2.75) is 14.7 Å². The van der Waals surface area contributed by atoms with Gasteiger partial charge in [0.15, 0.2) is 9.84 Å². The van der Waals surface area contributed by atoms with Crippen LogP contribution in [0.3, 0.4) is 0 Å². The number of carbonyl (C=O) groups is 1. The fraction of sp³-hybridized carbons (Fsp3) is 0.118. The third-order valence-corrected chi connectivity index (χ3v) is 5.71. The van der Waals surface area contributed by atoms with E-state index in [-0.39, 0.29) is 16.4 Å². The molecule has 3 aromatic rings. The lowest BCUT2D eigenvalue weighted by atomic mass is 10.2. The molecule has 0 saturated carbocycles. The van der Waals surface area contributed by atoms with Crippen molar-refractivity contribution in [3.05, 3.63) is 54.0 Å². The van der Waals surface area contributed by atoms with Crippen LogP contribution in [0.15, 0.2) is 57.2 Å². The number of nitrogens with one attached hydrogen (secondary N) is 1. The number of rotatable bonds is 4. The van der Waals surface area contributed by atoms with Gasteiger partial charge in [0.05, 0.1) is 12.0 Å². The van der Waals surface area contributed by atoms with Crippen LogP contribution in [0.2, 0.25) is 0 Å². The minimum absolute atomic E-state index is 0.128. The average Bonchev–Trinajstić information content (AvgIpc) is 3.00. The Hall–Kier alpha value is -2.32. The molecular weight excluding hydrogens is 365 g/mol. The summed E-state index contributed by atoms with van der Waals surface area (Å²) in [5, 5.41) is 0.683. The highest BCUT2D eigenvalue weighted by Crippen LogP contribution is 2.36. The molecule has 0 aliphatic rings. The third kappa shape index (κ3) is 3.69. The van der Waals surface area contributed by atoms with Gasteiger partial charge in [0.2, 0.25) is 0 Å². The number of aromatic nitrogens is 1. The SMILES string of the molecule is COC(=O)c1cc2c(Sc3ccc(F)cc3)cc(S(C)(=O)=O)cc2[nH]1. The number of sulfone groups is 1. The first-order chi connectivity index (χ1) is 11.8. The van der Waals surface area contributed by atoms with E-state index in [4.69, 9.17) is 4.74 Å². The Balaban J connectivity index is 2.17. The fourth-order valence-corrected chi connectivity index (χ4v) is 4.06. The van der Waals surface area contributed by atoms with Crippen molar-refractivity contribution in [2.75, 3.05) is 13.4 Å². The Labute approximate surface area is 148 Å². The van der Waals surface area contributed by atoms with Gasteiger partial charge in [-0.1, -0.05) is 11.8 Å². The van der Waals surface area contributed by atoms with E-state index in [9.17, 15) is 17.6 Å². The first kappa shape index (κ1) is 17.5. The minimum atomic E-state index is -3.44. The number of esters is 1. The summed E-state index contributed by atoms with van der Waals surface area (Å²) in [6.45, 7) is 0. The predicted molar refractivity (Wildman–Crippen MR) is 93.3 cm³/mol. The van der Waals surface area contributed by atoms with Gasteiger partial charge in [-0.2, -0.15) is 0 Å². The number of ether oxygens (including phenoxy) is 1. The lowest BCUT2D eigenvalue weighted by Crippen LogP contribution is -2.00. The van der Waals surface area contributed by atoms with Gasteiger partial charge in [-0.3, -0.25) is 0 Å². The van der Waals surface area contributed by atoms with E-state index >= 15 is 0 Å². The molecule has 5 nitrogen and oxygen atoms in total. The minimum Gasteiger partial charge on any atom is -0.464 e. The quantitative estimate of drug-likeness (QED) is 0.700. The van der Waals surface area contributed by atoms with E-state index in [1.807, 2.05) is 0 Å². The molecule has 0 saturated heterocycles. The summed E-state index contributed by atoms with van der Waals surface area (Å²) in [6, 6.07) is 10.5. The maximum absolute atomic E-state index is 13.1. The first-order valence-electron chi connectivity index (χ1n) is 7.16. The summed E-state index contributed by atoms with van der Waals surface area (Å²) in [4.78, 5) is 16.1. The van der Waals surface area contributed by atoms with Crippen LogP contribution in [0.25, 0.3) is 10.9 Å². The molecule has 0 aliphatic carbocycles. The van der Waals surface area contributed by atoms with E-state index in [1.54, 1.807) is 24.3 Å². The highest BCUT2D eigenvalue weighted by atomic mass is 32.2. The van der Waals surface area contributed by atoms with Crippen LogP contribution >= 0.6 is 11.8 Å². The highest BCUT2D eigenvalue weighted by molar-refractivity contribution is 7.99. The zero-order chi connectivity index (χ0) is 18.2. The van der Waals surface area contributed by atoms with E-state index in [0.29, 0.717) is 15.8 Å². The van der Waals surface area contributed by atoms with Crippen molar-refractivity contribution >= 4 is 38.5 Å². The van der Waals surface area contributed by atoms with E-state index in [2.05, 4.69) is 4.98 Å². The van der Waals surface area contributed by atoms with Gasteiger partial charge in [-0.15, -0.1) is 0 Å². The molecule has 130 valence electrons. The number of halogens is 1. The number of H-pyrrole nitrogens is 1. The van der Waals surface area contributed by atoms with Gasteiger partial charge in [-0.25, -0.2) is 17.6 Å². The van der Waals surface area contributed by atoms with Gasteiger partial charge in [0.25, 0.3) is 0 Å². The Kier molecular flexibility index (Phi) is 4.57. The monoisotopic (exact) mass is 379 g/mol. The third-order valence-electron chi connectivity index (χ3n) is 3.55. The molecule has 0 atom stereocenters. The van der Waals surface area contributed by atoms with Crippen molar-refractivity contribution < 1.29 is 22.3 Å². The van der Waals surface area contributed by atoms with Crippen molar-refractivity contribution in [1.29, 1.82) is 0 Å². The van der Waals surface area contributed by atoms with Gasteiger partial charge in [0, 0.05) is 26.9 Å². The van der Waals surface area contributed by atoms with Crippen LogP contribution in [-0.4, -0.2) is 32.7 Å². The van der Waals surface area contributed by atoms with Crippen LogP contribution in [0, 0.1) is 5.82 Å². The molecule has 1 N–H and O–H groups in total. The van der Waals surface area contributed by atoms with Crippen molar-refractivity contribution in [3.8, 4) is 0 Å². The molecule has 0 aliphatic heterocycles. The summed E-state index contributed by atoms with van der Waals surface area (Å²) in [6.07, 6.45) is 1.12. The Morgan fingerprint density at radius 1 is 1.16 bits per heavy atom. The van der Waals surface area contributed by atoms with E-state index in [1.165, 1.54) is 37.1 Å². The van der Waals surface area contributed by atoms with Gasteiger partial charge < -0.3 is 9.72 Å². The van der Waals surface area contributed by atoms with Crippen LogP contribution in [0.1, 0.15) is 10.5 Å². The summed E-state index contributed by atoms with van der Waals surface area (Å²) >= 11 is 1.29. The van der Waals surface area contributed by atoms with Crippen LogP contribution in [-0.2, 0) is 14.6 Å². The molecule has 1 aromatic heterocycles. The van der Waals surface area contributed by atoms with Gasteiger partial charge >= 0.3 is 5.97 Å². The molecule has 0 radical (unpaired) electrons. The predicted octanol–water partition coefficient (Wildman–Crippen LogP) is 3.65. The number of hydrogen-bond donors (Lipinski definition) is 1. The summed E-state index contributed by atoms with van der Waals surface area (Å²) in [5.74, 6) is -0.899. The molecule has 25 heavy (non-hydrogen) atoms. The fourth-order valence-electron chi connectivity index (χ4n) is 2.33. The molecule has 0 fully saturated rings. The van der Waals surface area contributed by atoms with Gasteiger partial charge in [0.1, 0.15) is 11.5 Å². The molecule has 0 unspecified atom stereocenters. The standard InChI is InChI=1S/C17H14FNO4S2/c1-23-17(20)15-9-13-14(19-15)7-12(25(2,21)22)8-16(13)24-11-5-3-10(18)4-6-11/h3-9,19H,1-2H3. The molecule has 1 heterocycles. The van der Waals surface area contributed by atoms with Crippen molar-refractivity contribution in [1.82, 2.24) is 4.98 Å². The van der Waals surface area contributed by atoms with Crippen molar-refractivity contribution in [3.63, 3.8) is 0 Å². The Morgan fingerprint density at radius 2 is 1.84 bits per heavy atom. The lowest BCUT2D eigenvalue weighted by Gasteiger charge is -2.07. The average molecular weight is 379 g/mol. The normalized spacial score (nSPS) is 11.6. The molecule has 3 rings (SSSR count). The number of methoxy groups -OCH3 is 1. The molecule has 8 heteroatoms. The maximum Gasteiger partial charge on any atom is 0.354 e. The second kappa shape index (κ2) is 6.53. The molecule has 2 aromatic carbocycles. The van der Waals surface area contributed by atoms with Crippen LogP contribution in [0.5, 0.6) is 0 Å². The number of hydrogen-bond acceptors (Lipinski definition) is 5. The number of benzene rings is 2. The lowest BCUT2D eigenvalue weighted by molar-refractivity contribution is 0.0595. The molecular formula is C17H14FNO4S2. The Morgan fingerprint density at radius 3 is 2.44 bits per heavy atom. The largest absolute Gasteiger partial charge is 0.464 e. The van der Waals surface area contributed by atoms with Gasteiger partial charge in [-0.05, 0) is 42.5 Å². The first-order valence-corrected chi connectivity index (χ1v) is 9.87. The number of carbonyl (C=O) groups excluding carboxylic acids is 1. The highest BCUT2D eigenvalue weighted by Gasteiger charge is 2.17. The smallest absolute Gasteiger partial charge is 0.354 e. The Bertz CT molecular complexity index is 1060. The van der Waals surface area contributed by atoms with Crippen LogP contribution in [0.4, 0.5) is 4.39 Å². The second-order valence-corrected chi connectivity index (χ2v) is 8.52. The summed E-state index contributed by atoms with van der Waals surface area (Å²) in [5.41, 5.74) is 0.733. The zero-order valence-corrected chi connectivity index (χ0v) is 15.0. The van der Waals surface area contributed by atoms with Crippen molar-refractivity contribution in [2.24, 2.45) is 0 Å². The molecule has 0 spiro atoms. The van der Waals surface area contributed by atoms with E-state index < -0.39 is 15.8 Å². The number of aromatic amines is 1. The van der Waals surface area contributed by atoms with E-state index in [0.717, 1.165) is 11.2 Å². The number of fused-ring (bicyclic) bond motifs is 1. The molecule has 0 amide bonds. The maximum atomic E-state index is 13.1. The topological polar surface area (TPSA) is 76.2 Å². The summed E-state index contributed by atoms with van der Waals surface area (Å²) in [7, 11) is -2.17.